The fourth-order valence-corrected chi connectivity index (χ4v) is 4.44. The van der Waals surface area contributed by atoms with Gasteiger partial charge in [0.05, 0.1) is 24.2 Å². The molecule has 0 aliphatic heterocycles. The minimum absolute atomic E-state index is 0.123. The molecule has 0 unspecified atom stereocenters. The zero-order valence-electron chi connectivity index (χ0n) is 18.2. The van der Waals surface area contributed by atoms with Gasteiger partial charge in [-0.25, -0.2) is 8.42 Å². The van der Waals surface area contributed by atoms with E-state index in [1.807, 2.05) is 26.0 Å². The first-order chi connectivity index (χ1) is 14.7. The predicted octanol–water partition coefficient (Wildman–Crippen LogP) is 3.66. The summed E-state index contributed by atoms with van der Waals surface area (Å²) >= 11 is 0. The molecular weight excluding hydrogens is 416 g/mol. The lowest BCUT2D eigenvalue weighted by atomic mass is 10.2. The van der Waals surface area contributed by atoms with Crippen LogP contribution in [0.4, 0.5) is 11.4 Å². The molecule has 2 N–H and O–H groups in total. The lowest BCUT2D eigenvalue weighted by molar-refractivity contribution is 0.102. The SMILES string of the molecule is CCc1ccc(NS(=O)(=O)c2cc(C(=O)Nc3c(C)nn(C)c3C)ccc2OC)cc1. The van der Waals surface area contributed by atoms with Crippen molar-refractivity contribution < 1.29 is 17.9 Å². The van der Waals surface area contributed by atoms with E-state index in [-0.39, 0.29) is 16.2 Å². The van der Waals surface area contributed by atoms with E-state index in [1.165, 1.54) is 25.3 Å². The van der Waals surface area contributed by atoms with Crippen molar-refractivity contribution in [1.29, 1.82) is 0 Å². The van der Waals surface area contributed by atoms with Crippen LogP contribution in [0.25, 0.3) is 0 Å². The lowest BCUT2D eigenvalue weighted by Crippen LogP contribution is -2.17. The van der Waals surface area contributed by atoms with Crippen molar-refractivity contribution in [2.75, 3.05) is 17.1 Å². The topological polar surface area (TPSA) is 102 Å². The highest BCUT2D eigenvalue weighted by molar-refractivity contribution is 7.92. The van der Waals surface area contributed by atoms with E-state index in [4.69, 9.17) is 4.74 Å². The van der Waals surface area contributed by atoms with Crippen LogP contribution in [-0.4, -0.2) is 31.2 Å². The van der Waals surface area contributed by atoms with Gasteiger partial charge >= 0.3 is 0 Å². The molecule has 9 heteroatoms. The minimum Gasteiger partial charge on any atom is -0.495 e. The van der Waals surface area contributed by atoms with E-state index in [9.17, 15) is 13.2 Å². The third-order valence-electron chi connectivity index (χ3n) is 5.08. The maximum absolute atomic E-state index is 13.0. The summed E-state index contributed by atoms with van der Waals surface area (Å²) in [4.78, 5) is 12.7. The summed E-state index contributed by atoms with van der Waals surface area (Å²) in [6.07, 6.45) is 0.855. The first-order valence-electron chi connectivity index (χ1n) is 9.77. The maximum Gasteiger partial charge on any atom is 0.265 e. The molecule has 1 amide bonds. The first kappa shape index (κ1) is 22.4. The Kier molecular flexibility index (Phi) is 6.35. The van der Waals surface area contributed by atoms with Crippen LogP contribution in [0.2, 0.25) is 0 Å². The van der Waals surface area contributed by atoms with Gasteiger partial charge < -0.3 is 10.1 Å². The van der Waals surface area contributed by atoms with Crippen molar-refractivity contribution in [3.05, 3.63) is 65.0 Å². The predicted molar refractivity (Wildman–Crippen MR) is 120 cm³/mol. The highest BCUT2D eigenvalue weighted by Crippen LogP contribution is 2.28. The van der Waals surface area contributed by atoms with Crippen molar-refractivity contribution in [1.82, 2.24) is 9.78 Å². The second kappa shape index (κ2) is 8.81. The van der Waals surface area contributed by atoms with Gasteiger partial charge in [-0.1, -0.05) is 19.1 Å². The number of sulfonamides is 1. The van der Waals surface area contributed by atoms with E-state index in [0.717, 1.165) is 17.7 Å². The van der Waals surface area contributed by atoms with Crippen LogP contribution < -0.4 is 14.8 Å². The molecule has 8 nitrogen and oxygen atoms in total. The highest BCUT2D eigenvalue weighted by Gasteiger charge is 2.23. The molecule has 3 rings (SSSR count). The number of nitrogens with zero attached hydrogens (tertiary/aromatic N) is 2. The summed E-state index contributed by atoms with van der Waals surface area (Å²) < 4.78 is 35.5. The number of methoxy groups -OCH3 is 1. The Morgan fingerprint density at radius 2 is 1.81 bits per heavy atom. The second-order valence-electron chi connectivity index (χ2n) is 7.15. The molecule has 0 fully saturated rings. The molecule has 0 bridgehead atoms. The van der Waals surface area contributed by atoms with Gasteiger partial charge in [-0.05, 0) is 56.2 Å². The molecule has 2 aromatic carbocycles. The van der Waals surface area contributed by atoms with E-state index in [1.54, 1.807) is 30.8 Å². The van der Waals surface area contributed by atoms with E-state index in [0.29, 0.717) is 17.1 Å². The number of aromatic nitrogens is 2. The second-order valence-corrected chi connectivity index (χ2v) is 8.80. The molecule has 1 heterocycles. The number of anilines is 2. The third-order valence-corrected chi connectivity index (χ3v) is 6.48. The van der Waals surface area contributed by atoms with Gasteiger partial charge in [0.25, 0.3) is 15.9 Å². The van der Waals surface area contributed by atoms with Crippen molar-refractivity contribution in [3.8, 4) is 5.75 Å². The Labute approximate surface area is 182 Å². The molecule has 0 saturated heterocycles. The Bertz CT molecular complexity index is 1220. The molecule has 1 aromatic heterocycles. The molecule has 31 heavy (non-hydrogen) atoms. The summed E-state index contributed by atoms with van der Waals surface area (Å²) in [5.74, 6) is -0.298. The molecular formula is C22H26N4O4S. The van der Waals surface area contributed by atoms with Crippen LogP contribution in [0.3, 0.4) is 0 Å². The Balaban J connectivity index is 1.92. The minimum atomic E-state index is -3.99. The number of amides is 1. The highest BCUT2D eigenvalue weighted by atomic mass is 32.2. The fraction of sp³-hybridized carbons (Fsp3) is 0.273. The van der Waals surface area contributed by atoms with Crippen LogP contribution in [0.5, 0.6) is 5.75 Å². The number of carbonyl (C=O) groups excluding carboxylic acids is 1. The number of rotatable bonds is 7. The van der Waals surface area contributed by atoms with E-state index >= 15 is 0 Å². The van der Waals surface area contributed by atoms with Gasteiger partial charge in [0.15, 0.2) is 0 Å². The summed E-state index contributed by atoms with van der Waals surface area (Å²) in [6, 6.07) is 11.4. The summed E-state index contributed by atoms with van der Waals surface area (Å²) in [6.45, 7) is 5.66. The zero-order chi connectivity index (χ0) is 22.8. The number of ether oxygens (including phenoxy) is 1. The number of hydrogen-bond acceptors (Lipinski definition) is 5. The molecule has 3 aromatic rings. The van der Waals surface area contributed by atoms with Gasteiger partial charge in [0, 0.05) is 18.3 Å². The van der Waals surface area contributed by atoms with Crippen LogP contribution in [-0.2, 0) is 23.5 Å². The van der Waals surface area contributed by atoms with Crippen molar-refractivity contribution >= 4 is 27.3 Å². The van der Waals surface area contributed by atoms with Crippen LogP contribution in [0.1, 0.15) is 34.2 Å². The summed E-state index contributed by atoms with van der Waals surface area (Å²) in [5.41, 5.74) is 3.78. The molecule has 0 saturated carbocycles. The van der Waals surface area contributed by atoms with Gasteiger partial charge in [-0.2, -0.15) is 5.10 Å². The standard InChI is InChI=1S/C22H26N4O4S/c1-6-16-7-10-18(11-8-16)25-31(28,29)20-13-17(9-12-19(20)30-5)22(27)23-21-14(2)24-26(4)15(21)3/h7-13,25H,6H2,1-5H3,(H,23,27). The third kappa shape index (κ3) is 4.72. The smallest absolute Gasteiger partial charge is 0.265 e. The van der Waals surface area contributed by atoms with Crippen LogP contribution >= 0.6 is 0 Å². The number of carbonyl (C=O) groups is 1. The quantitative estimate of drug-likeness (QED) is 0.581. The van der Waals surface area contributed by atoms with E-state index in [2.05, 4.69) is 15.1 Å². The molecule has 0 aliphatic carbocycles. The largest absolute Gasteiger partial charge is 0.495 e. The molecule has 0 spiro atoms. The van der Waals surface area contributed by atoms with E-state index < -0.39 is 15.9 Å². The number of benzene rings is 2. The average molecular weight is 443 g/mol. The summed E-state index contributed by atoms with van der Waals surface area (Å²) in [7, 11) is -0.820. The van der Waals surface area contributed by atoms with Gasteiger partial charge in [-0.15, -0.1) is 0 Å². The zero-order valence-corrected chi connectivity index (χ0v) is 19.0. The molecule has 164 valence electrons. The lowest BCUT2D eigenvalue weighted by Gasteiger charge is -2.14. The van der Waals surface area contributed by atoms with Crippen molar-refractivity contribution in [2.24, 2.45) is 7.05 Å². The van der Waals surface area contributed by atoms with Crippen molar-refractivity contribution in [2.45, 2.75) is 32.1 Å². The Morgan fingerprint density at radius 3 is 2.35 bits per heavy atom. The normalized spacial score (nSPS) is 11.3. The average Bonchev–Trinajstić information content (AvgIpc) is 2.99. The fourth-order valence-electron chi connectivity index (χ4n) is 3.19. The number of nitrogens with one attached hydrogen (secondary N) is 2. The monoisotopic (exact) mass is 442 g/mol. The molecule has 0 aliphatic rings. The maximum atomic E-state index is 13.0. The Morgan fingerprint density at radius 1 is 1.13 bits per heavy atom. The first-order valence-corrected chi connectivity index (χ1v) is 11.3. The van der Waals surface area contributed by atoms with Gasteiger partial charge in [-0.3, -0.25) is 14.2 Å². The number of aryl methyl sites for hydroxylation is 3. The molecule has 0 atom stereocenters. The van der Waals surface area contributed by atoms with Gasteiger partial charge in [0.2, 0.25) is 0 Å². The van der Waals surface area contributed by atoms with Crippen LogP contribution in [0.15, 0.2) is 47.4 Å². The summed E-state index contributed by atoms with van der Waals surface area (Å²) in [5, 5.41) is 7.09. The van der Waals surface area contributed by atoms with Gasteiger partial charge in [0.1, 0.15) is 10.6 Å². The number of hydrogen-bond donors (Lipinski definition) is 2. The molecule has 0 radical (unpaired) electrons. The van der Waals surface area contributed by atoms with Crippen molar-refractivity contribution in [3.63, 3.8) is 0 Å². The van der Waals surface area contributed by atoms with Crippen LogP contribution in [0, 0.1) is 13.8 Å². The Hall–Kier alpha value is -3.33.